The van der Waals surface area contributed by atoms with Crippen molar-refractivity contribution >= 4 is 17.2 Å². The number of hydrogen-bond donors (Lipinski definition) is 1. The van der Waals surface area contributed by atoms with Gasteiger partial charge >= 0.3 is 0 Å². The minimum absolute atomic E-state index is 0.0910. The first-order valence-electron chi connectivity index (χ1n) is 7.17. The molecule has 0 saturated carbocycles. The number of carbonyl (C=O) groups excluding carboxylic acids is 1. The number of amides is 1. The summed E-state index contributed by atoms with van der Waals surface area (Å²) in [4.78, 5) is 18.1. The number of piperazine rings is 1. The summed E-state index contributed by atoms with van der Waals surface area (Å²) in [6, 6.07) is 3.84. The van der Waals surface area contributed by atoms with Gasteiger partial charge in [0.15, 0.2) is 0 Å². The zero-order valence-electron chi connectivity index (χ0n) is 12.6. The highest BCUT2D eigenvalue weighted by atomic mass is 32.1. The van der Waals surface area contributed by atoms with Gasteiger partial charge in [-0.3, -0.25) is 9.69 Å². The molecule has 1 amide bonds. The van der Waals surface area contributed by atoms with Crippen LogP contribution < -0.4 is 5.73 Å². The Kier molecular flexibility index (Phi) is 4.83. The summed E-state index contributed by atoms with van der Waals surface area (Å²) >= 11 is 1.79. The van der Waals surface area contributed by atoms with Gasteiger partial charge in [-0.15, -0.1) is 11.3 Å². The lowest BCUT2D eigenvalue weighted by molar-refractivity contribution is -0.136. The molecule has 1 saturated heterocycles. The third-order valence-electron chi connectivity index (χ3n) is 3.84. The van der Waals surface area contributed by atoms with Crippen LogP contribution in [-0.2, 0) is 11.3 Å². The average Bonchev–Trinajstić information content (AvgIpc) is 2.90. The summed E-state index contributed by atoms with van der Waals surface area (Å²) in [6.45, 7) is 10.5. The van der Waals surface area contributed by atoms with Gasteiger partial charge in [0.1, 0.15) is 0 Å². The van der Waals surface area contributed by atoms with Crippen molar-refractivity contribution in [3.63, 3.8) is 0 Å². The molecule has 0 aliphatic carbocycles. The van der Waals surface area contributed by atoms with Crippen LogP contribution in [0.5, 0.6) is 0 Å². The van der Waals surface area contributed by atoms with Crippen molar-refractivity contribution in [3.8, 4) is 0 Å². The van der Waals surface area contributed by atoms with Gasteiger partial charge in [-0.05, 0) is 16.9 Å². The summed E-state index contributed by atoms with van der Waals surface area (Å²) in [5.41, 5.74) is 5.89. The molecule has 1 atom stereocenters. The van der Waals surface area contributed by atoms with Gasteiger partial charge in [0, 0.05) is 37.6 Å². The fraction of sp³-hybridized carbons (Fsp3) is 0.667. The Morgan fingerprint density at radius 2 is 2.00 bits per heavy atom. The van der Waals surface area contributed by atoms with E-state index in [0.717, 1.165) is 32.7 Å². The molecule has 1 unspecified atom stereocenters. The van der Waals surface area contributed by atoms with Crippen LogP contribution in [0.3, 0.4) is 0 Å². The molecule has 0 bridgehead atoms. The molecule has 1 aromatic heterocycles. The first-order chi connectivity index (χ1) is 9.38. The van der Waals surface area contributed by atoms with E-state index in [1.165, 1.54) is 4.88 Å². The molecule has 1 fully saturated rings. The van der Waals surface area contributed by atoms with Crippen LogP contribution in [0.25, 0.3) is 0 Å². The number of rotatable bonds is 3. The van der Waals surface area contributed by atoms with Gasteiger partial charge in [0.2, 0.25) is 5.91 Å². The molecular formula is C15H25N3OS. The lowest BCUT2D eigenvalue weighted by atomic mass is 9.86. The highest BCUT2D eigenvalue weighted by molar-refractivity contribution is 7.09. The van der Waals surface area contributed by atoms with Crippen molar-refractivity contribution in [1.29, 1.82) is 0 Å². The van der Waals surface area contributed by atoms with E-state index in [4.69, 9.17) is 5.73 Å². The normalized spacial score (nSPS) is 19.1. The molecule has 2 rings (SSSR count). The second-order valence-corrected chi connectivity index (χ2v) is 7.56. The highest BCUT2D eigenvalue weighted by Crippen LogP contribution is 2.20. The number of nitrogens with zero attached hydrogens (tertiary/aromatic N) is 2. The quantitative estimate of drug-likeness (QED) is 0.924. The Balaban J connectivity index is 1.83. The average molecular weight is 295 g/mol. The van der Waals surface area contributed by atoms with Crippen molar-refractivity contribution in [1.82, 2.24) is 9.80 Å². The molecule has 4 nitrogen and oxygen atoms in total. The Hall–Kier alpha value is -0.910. The third kappa shape index (κ3) is 3.81. The number of carbonyl (C=O) groups is 1. The summed E-state index contributed by atoms with van der Waals surface area (Å²) in [5.74, 6) is 0.0910. The van der Waals surface area contributed by atoms with E-state index in [2.05, 4.69) is 22.4 Å². The van der Waals surface area contributed by atoms with E-state index in [1.807, 2.05) is 25.7 Å². The first-order valence-corrected chi connectivity index (χ1v) is 8.05. The summed E-state index contributed by atoms with van der Waals surface area (Å²) in [6.07, 6.45) is 0. The molecule has 5 heteroatoms. The van der Waals surface area contributed by atoms with Crippen LogP contribution >= 0.6 is 11.3 Å². The van der Waals surface area contributed by atoms with Gasteiger partial charge in [-0.25, -0.2) is 0 Å². The molecule has 0 spiro atoms. The lowest BCUT2D eigenvalue weighted by Crippen LogP contribution is -2.55. The predicted molar refractivity (Wildman–Crippen MR) is 83.6 cm³/mol. The Morgan fingerprint density at radius 1 is 1.35 bits per heavy atom. The topological polar surface area (TPSA) is 49.6 Å². The van der Waals surface area contributed by atoms with Gasteiger partial charge in [0.25, 0.3) is 0 Å². The van der Waals surface area contributed by atoms with E-state index in [-0.39, 0.29) is 11.3 Å². The van der Waals surface area contributed by atoms with Gasteiger partial charge in [0.05, 0.1) is 6.04 Å². The molecule has 1 aliphatic heterocycles. The van der Waals surface area contributed by atoms with Crippen LogP contribution in [0, 0.1) is 5.41 Å². The summed E-state index contributed by atoms with van der Waals surface area (Å²) in [7, 11) is 0. The number of thiophene rings is 1. The second kappa shape index (κ2) is 6.24. The van der Waals surface area contributed by atoms with E-state index < -0.39 is 6.04 Å². The molecule has 2 heterocycles. The van der Waals surface area contributed by atoms with Crippen LogP contribution in [0.1, 0.15) is 25.6 Å². The fourth-order valence-electron chi connectivity index (χ4n) is 2.32. The molecule has 20 heavy (non-hydrogen) atoms. The van der Waals surface area contributed by atoms with Crippen molar-refractivity contribution in [3.05, 3.63) is 22.4 Å². The van der Waals surface area contributed by atoms with Crippen molar-refractivity contribution in [2.45, 2.75) is 33.4 Å². The Labute approximate surface area is 125 Å². The lowest BCUT2D eigenvalue weighted by Gasteiger charge is -2.38. The fourth-order valence-corrected chi connectivity index (χ4v) is 3.06. The molecule has 2 N–H and O–H groups in total. The van der Waals surface area contributed by atoms with Gasteiger partial charge in [-0.2, -0.15) is 0 Å². The molecule has 112 valence electrons. The van der Waals surface area contributed by atoms with E-state index in [0.29, 0.717) is 0 Å². The summed E-state index contributed by atoms with van der Waals surface area (Å²) < 4.78 is 0. The van der Waals surface area contributed by atoms with Crippen LogP contribution in [0.15, 0.2) is 17.5 Å². The van der Waals surface area contributed by atoms with Crippen LogP contribution in [0.2, 0.25) is 0 Å². The maximum absolute atomic E-state index is 12.4. The van der Waals surface area contributed by atoms with Crippen LogP contribution in [0.4, 0.5) is 0 Å². The first kappa shape index (κ1) is 15.5. The van der Waals surface area contributed by atoms with Crippen molar-refractivity contribution in [2.75, 3.05) is 26.2 Å². The number of nitrogens with two attached hydrogens (primary N) is 1. The number of hydrogen-bond acceptors (Lipinski definition) is 4. The van der Waals surface area contributed by atoms with Gasteiger partial charge < -0.3 is 10.6 Å². The van der Waals surface area contributed by atoms with Crippen molar-refractivity contribution in [2.24, 2.45) is 11.1 Å². The van der Waals surface area contributed by atoms with E-state index in [1.54, 1.807) is 11.3 Å². The van der Waals surface area contributed by atoms with Crippen LogP contribution in [-0.4, -0.2) is 47.9 Å². The highest BCUT2D eigenvalue weighted by Gasteiger charge is 2.32. The predicted octanol–water partition coefficient (Wildman–Crippen LogP) is 1.77. The largest absolute Gasteiger partial charge is 0.339 e. The SMILES string of the molecule is CC(C)(C)C(N)C(=O)N1CCN(Cc2cccs2)CC1. The minimum Gasteiger partial charge on any atom is -0.339 e. The zero-order valence-corrected chi connectivity index (χ0v) is 13.4. The molecule has 1 aliphatic rings. The molecular weight excluding hydrogens is 270 g/mol. The second-order valence-electron chi connectivity index (χ2n) is 6.52. The maximum Gasteiger partial charge on any atom is 0.240 e. The van der Waals surface area contributed by atoms with E-state index >= 15 is 0 Å². The third-order valence-corrected chi connectivity index (χ3v) is 4.70. The Morgan fingerprint density at radius 3 is 2.50 bits per heavy atom. The standard InChI is InChI=1S/C15H25N3OS/c1-15(2,3)13(16)14(19)18-8-6-17(7-9-18)11-12-5-4-10-20-12/h4-5,10,13H,6-9,11,16H2,1-3H3. The Bertz CT molecular complexity index is 430. The van der Waals surface area contributed by atoms with Crippen molar-refractivity contribution < 1.29 is 4.79 Å². The van der Waals surface area contributed by atoms with E-state index in [9.17, 15) is 4.79 Å². The monoisotopic (exact) mass is 295 g/mol. The zero-order chi connectivity index (χ0) is 14.8. The van der Waals surface area contributed by atoms with Gasteiger partial charge in [-0.1, -0.05) is 26.8 Å². The molecule has 0 aromatic carbocycles. The molecule has 0 radical (unpaired) electrons. The minimum atomic E-state index is -0.411. The molecule has 1 aromatic rings. The maximum atomic E-state index is 12.4. The summed E-state index contributed by atoms with van der Waals surface area (Å²) in [5, 5.41) is 2.11. The smallest absolute Gasteiger partial charge is 0.240 e.